The summed E-state index contributed by atoms with van der Waals surface area (Å²) in [4.78, 5) is 48.3. The Labute approximate surface area is 170 Å². The van der Waals surface area contributed by atoms with Crippen LogP contribution in [-0.4, -0.2) is 39.9 Å². The summed E-state index contributed by atoms with van der Waals surface area (Å²) in [5.74, 6) is -0.333. The van der Waals surface area contributed by atoms with Crippen LogP contribution in [0.5, 0.6) is 5.75 Å². The number of hydrogen-bond donors (Lipinski definition) is 0. The molecule has 1 fully saturated rings. The van der Waals surface area contributed by atoms with Crippen LogP contribution in [0.1, 0.15) is 22.8 Å². The summed E-state index contributed by atoms with van der Waals surface area (Å²) in [5, 5.41) is 10.2. The predicted octanol–water partition coefficient (Wildman–Crippen LogP) is 3.91. The maximum atomic E-state index is 12.5. The van der Waals surface area contributed by atoms with Gasteiger partial charge < -0.3 is 4.74 Å². The van der Waals surface area contributed by atoms with Crippen molar-refractivity contribution in [3.63, 3.8) is 0 Å². The predicted molar refractivity (Wildman–Crippen MR) is 108 cm³/mol. The van der Waals surface area contributed by atoms with Crippen molar-refractivity contribution in [2.75, 3.05) is 13.2 Å². The SMILES string of the molecule is CCOc1ccc(C=C2SC(=O)N(CC(=O)c3ccc([N+](=O)[O-])cc3)C2=O)cc1. The molecule has 2 amide bonds. The Morgan fingerprint density at radius 3 is 2.38 bits per heavy atom. The van der Waals surface area contributed by atoms with Crippen LogP contribution in [-0.2, 0) is 4.79 Å². The van der Waals surface area contributed by atoms with Gasteiger partial charge in [-0.3, -0.25) is 29.4 Å². The Morgan fingerprint density at radius 2 is 1.79 bits per heavy atom. The molecule has 0 aliphatic carbocycles. The fourth-order valence-corrected chi connectivity index (χ4v) is 3.46. The number of amides is 2. The molecule has 1 aliphatic heterocycles. The largest absolute Gasteiger partial charge is 0.494 e. The summed E-state index contributed by atoms with van der Waals surface area (Å²) in [6.45, 7) is 1.99. The van der Waals surface area contributed by atoms with Gasteiger partial charge in [-0.05, 0) is 54.6 Å². The zero-order chi connectivity index (χ0) is 21.0. The third-order valence-electron chi connectivity index (χ3n) is 4.06. The molecule has 0 bridgehead atoms. The highest BCUT2D eigenvalue weighted by Gasteiger charge is 2.36. The van der Waals surface area contributed by atoms with Gasteiger partial charge in [0, 0.05) is 17.7 Å². The van der Waals surface area contributed by atoms with Gasteiger partial charge in [-0.25, -0.2) is 0 Å². The van der Waals surface area contributed by atoms with Gasteiger partial charge in [-0.2, -0.15) is 0 Å². The molecule has 0 saturated carbocycles. The van der Waals surface area contributed by atoms with Crippen LogP contribution >= 0.6 is 11.8 Å². The average Bonchev–Trinajstić information content (AvgIpc) is 2.97. The lowest BCUT2D eigenvalue weighted by atomic mass is 10.1. The van der Waals surface area contributed by atoms with Gasteiger partial charge in [-0.15, -0.1) is 0 Å². The number of carbonyl (C=O) groups is 3. The van der Waals surface area contributed by atoms with Gasteiger partial charge in [-0.1, -0.05) is 12.1 Å². The van der Waals surface area contributed by atoms with Crippen molar-refractivity contribution in [3.8, 4) is 5.75 Å². The maximum absolute atomic E-state index is 12.5. The summed E-state index contributed by atoms with van der Waals surface area (Å²) in [5.41, 5.74) is 0.761. The van der Waals surface area contributed by atoms with E-state index in [1.165, 1.54) is 24.3 Å². The molecule has 0 atom stereocenters. The van der Waals surface area contributed by atoms with E-state index in [2.05, 4.69) is 0 Å². The fraction of sp³-hybridized carbons (Fsp3) is 0.150. The van der Waals surface area contributed by atoms with Gasteiger partial charge in [0.15, 0.2) is 5.78 Å². The molecular weight excluding hydrogens is 396 g/mol. The standard InChI is InChI=1S/C20H16N2O6S/c1-2-28-16-9-3-13(4-10-16)11-18-19(24)21(20(25)29-18)12-17(23)14-5-7-15(8-6-14)22(26)27/h3-11H,2,12H2,1H3. The highest BCUT2D eigenvalue weighted by molar-refractivity contribution is 8.18. The zero-order valence-electron chi connectivity index (χ0n) is 15.4. The first kappa shape index (κ1) is 20.3. The van der Waals surface area contributed by atoms with E-state index >= 15 is 0 Å². The van der Waals surface area contributed by atoms with Gasteiger partial charge in [0.05, 0.1) is 23.0 Å². The number of carbonyl (C=O) groups excluding carboxylic acids is 3. The van der Waals surface area contributed by atoms with Crippen molar-refractivity contribution >= 4 is 40.5 Å². The van der Waals surface area contributed by atoms with E-state index in [0.717, 1.165) is 22.2 Å². The minimum absolute atomic E-state index is 0.147. The number of Topliss-reactive ketones (excluding diaryl/α,β-unsaturated/α-hetero) is 1. The lowest BCUT2D eigenvalue weighted by Gasteiger charge is -2.11. The number of non-ortho nitro benzene ring substituents is 1. The van der Waals surface area contributed by atoms with Crippen molar-refractivity contribution < 1.29 is 24.0 Å². The normalized spacial score (nSPS) is 15.1. The van der Waals surface area contributed by atoms with Crippen LogP contribution < -0.4 is 4.74 Å². The number of nitro benzene ring substituents is 1. The molecule has 29 heavy (non-hydrogen) atoms. The number of hydrogen-bond acceptors (Lipinski definition) is 7. The Balaban J connectivity index is 1.71. The third kappa shape index (κ3) is 4.69. The van der Waals surface area contributed by atoms with Gasteiger partial charge in [0.1, 0.15) is 5.75 Å². The number of nitro groups is 1. The quantitative estimate of drug-likeness (QED) is 0.294. The molecule has 1 saturated heterocycles. The van der Waals surface area contributed by atoms with Gasteiger partial charge in [0.25, 0.3) is 16.8 Å². The first-order chi connectivity index (χ1) is 13.9. The number of thioether (sulfide) groups is 1. The van der Waals surface area contributed by atoms with Crippen LogP contribution in [0.25, 0.3) is 6.08 Å². The molecule has 1 heterocycles. The molecule has 148 valence electrons. The van der Waals surface area contributed by atoms with E-state index in [0.29, 0.717) is 12.4 Å². The molecular formula is C20H16N2O6S. The lowest BCUT2D eigenvalue weighted by molar-refractivity contribution is -0.384. The Kier molecular flexibility index (Phi) is 6.08. The fourth-order valence-electron chi connectivity index (χ4n) is 2.62. The molecule has 0 N–H and O–H groups in total. The topological polar surface area (TPSA) is 107 Å². The second-order valence-corrected chi connectivity index (χ2v) is 6.99. The monoisotopic (exact) mass is 412 g/mol. The van der Waals surface area contributed by atoms with Crippen molar-refractivity contribution in [1.29, 1.82) is 0 Å². The molecule has 0 unspecified atom stereocenters. The molecule has 2 aromatic rings. The zero-order valence-corrected chi connectivity index (χ0v) is 16.2. The summed E-state index contributed by atoms with van der Waals surface area (Å²) in [6, 6.07) is 12.1. The van der Waals surface area contributed by atoms with Crippen molar-refractivity contribution in [1.82, 2.24) is 4.90 Å². The van der Waals surface area contributed by atoms with Gasteiger partial charge in [0.2, 0.25) is 0 Å². The van der Waals surface area contributed by atoms with Crippen LogP contribution in [0, 0.1) is 10.1 Å². The third-order valence-corrected chi connectivity index (χ3v) is 4.97. The first-order valence-corrected chi connectivity index (χ1v) is 9.46. The Morgan fingerprint density at radius 1 is 1.14 bits per heavy atom. The van der Waals surface area contributed by atoms with E-state index in [9.17, 15) is 24.5 Å². The molecule has 0 aromatic heterocycles. The van der Waals surface area contributed by atoms with Crippen molar-refractivity contribution in [2.24, 2.45) is 0 Å². The highest BCUT2D eigenvalue weighted by atomic mass is 32.2. The second kappa shape index (κ2) is 8.70. The molecule has 8 nitrogen and oxygen atoms in total. The second-order valence-electron chi connectivity index (χ2n) is 6.00. The van der Waals surface area contributed by atoms with Crippen LogP contribution in [0.3, 0.4) is 0 Å². The number of ether oxygens (including phenoxy) is 1. The van der Waals surface area contributed by atoms with Crippen LogP contribution in [0.15, 0.2) is 53.4 Å². The molecule has 0 spiro atoms. The summed E-state index contributed by atoms with van der Waals surface area (Å²) in [6.07, 6.45) is 1.58. The Bertz CT molecular complexity index is 999. The summed E-state index contributed by atoms with van der Waals surface area (Å²) >= 11 is 0.760. The summed E-state index contributed by atoms with van der Waals surface area (Å²) in [7, 11) is 0. The highest BCUT2D eigenvalue weighted by Crippen LogP contribution is 2.32. The van der Waals surface area contributed by atoms with Crippen LogP contribution in [0.2, 0.25) is 0 Å². The maximum Gasteiger partial charge on any atom is 0.293 e. The van der Waals surface area contributed by atoms with Gasteiger partial charge >= 0.3 is 0 Å². The van der Waals surface area contributed by atoms with E-state index in [-0.39, 0.29) is 16.2 Å². The van der Waals surface area contributed by atoms with Crippen molar-refractivity contribution in [3.05, 3.63) is 74.7 Å². The van der Waals surface area contributed by atoms with E-state index in [1.54, 1.807) is 30.3 Å². The number of imide groups is 1. The Hall–Kier alpha value is -3.46. The van der Waals surface area contributed by atoms with E-state index in [4.69, 9.17) is 4.74 Å². The van der Waals surface area contributed by atoms with E-state index < -0.39 is 28.4 Å². The molecule has 1 aliphatic rings. The molecule has 9 heteroatoms. The number of rotatable bonds is 7. The smallest absolute Gasteiger partial charge is 0.293 e. The number of nitrogens with zero attached hydrogens (tertiary/aromatic N) is 2. The summed E-state index contributed by atoms with van der Waals surface area (Å²) < 4.78 is 5.36. The first-order valence-electron chi connectivity index (χ1n) is 8.65. The molecule has 0 radical (unpaired) electrons. The molecule has 2 aromatic carbocycles. The minimum Gasteiger partial charge on any atom is -0.494 e. The van der Waals surface area contributed by atoms with Crippen LogP contribution in [0.4, 0.5) is 10.5 Å². The number of benzene rings is 2. The average molecular weight is 412 g/mol. The number of ketones is 1. The molecule has 3 rings (SSSR count). The van der Waals surface area contributed by atoms with Crippen molar-refractivity contribution in [2.45, 2.75) is 6.92 Å². The minimum atomic E-state index is -0.573. The van der Waals surface area contributed by atoms with E-state index in [1.807, 2.05) is 6.92 Å². The lowest BCUT2D eigenvalue weighted by Crippen LogP contribution is -2.33.